The van der Waals surface area contributed by atoms with Crippen LogP contribution in [-0.4, -0.2) is 47.2 Å². The van der Waals surface area contributed by atoms with Gasteiger partial charge in [0.1, 0.15) is 0 Å². The van der Waals surface area contributed by atoms with Crippen LogP contribution in [0.2, 0.25) is 0 Å². The molecule has 118 valence electrons. The van der Waals surface area contributed by atoms with E-state index in [0.717, 1.165) is 44.5 Å². The van der Waals surface area contributed by atoms with Crippen LogP contribution in [0.5, 0.6) is 0 Å². The zero-order chi connectivity index (χ0) is 15.2. The summed E-state index contributed by atoms with van der Waals surface area (Å²) in [4.78, 5) is 18.4. The van der Waals surface area contributed by atoms with Crippen molar-refractivity contribution in [1.29, 1.82) is 0 Å². The van der Waals surface area contributed by atoms with Crippen molar-refractivity contribution in [3.8, 4) is 0 Å². The fourth-order valence-electron chi connectivity index (χ4n) is 2.89. The number of hydrogen-bond acceptors (Lipinski definition) is 6. The Kier molecular flexibility index (Phi) is 5.59. The van der Waals surface area contributed by atoms with Gasteiger partial charge in [-0.1, -0.05) is 6.92 Å². The predicted molar refractivity (Wildman–Crippen MR) is 88.2 cm³/mol. The van der Waals surface area contributed by atoms with Crippen LogP contribution in [-0.2, 0) is 0 Å². The third kappa shape index (κ3) is 3.54. The van der Waals surface area contributed by atoms with E-state index in [4.69, 9.17) is 4.98 Å². The van der Waals surface area contributed by atoms with Crippen LogP contribution in [0.4, 0.5) is 17.8 Å². The van der Waals surface area contributed by atoms with Crippen molar-refractivity contribution in [3.63, 3.8) is 0 Å². The zero-order valence-corrected chi connectivity index (χ0v) is 13.8. The van der Waals surface area contributed by atoms with E-state index >= 15 is 0 Å². The minimum atomic E-state index is 0.562. The Morgan fingerprint density at radius 1 is 1.14 bits per heavy atom. The van der Waals surface area contributed by atoms with Gasteiger partial charge in [-0.15, -0.1) is 0 Å². The number of nitrogens with zero attached hydrogens (tertiary/aromatic N) is 5. The molecule has 1 aromatic heterocycles. The Labute approximate surface area is 128 Å². The molecule has 0 radical (unpaired) electrons. The molecule has 0 saturated carbocycles. The second-order valence-electron chi connectivity index (χ2n) is 5.36. The number of anilines is 3. The molecule has 2 rings (SSSR count). The van der Waals surface area contributed by atoms with E-state index in [2.05, 4.69) is 52.8 Å². The van der Waals surface area contributed by atoms with Gasteiger partial charge in [0.15, 0.2) is 0 Å². The third-order valence-corrected chi connectivity index (χ3v) is 4.10. The van der Waals surface area contributed by atoms with Crippen molar-refractivity contribution < 1.29 is 0 Å². The summed E-state index contributed by atoms with van der Waals surface area (Å²) in [6.45, 7) is 12.2. The van der Waals surface area contributed by atoms with Gasteiger partial charge in [0.2, 0.25) is 17.8 Å². The van der Waals surface area contributed by atoms with E-state index in [-0.39, 0.29) is 0 Å². The molecule has 1 aliphatic rings. The summed E-state index contributed by atoms with van der Waals surface area (Å²) in [7, 11) is 0. The molecule has 1 aromatic rings. The van der Waals surface area contributed by atoms with Gasteiger partial charge in [-0.25, -0.2) is 0 Å². The molecular formula is C15H28N6. The largest absolute Gasteiger partial charge is 0.354 e. The lowest BCUT2D eigenvalue weighted by Crippen LogP contribution is -2.32. The van der Waals surface area contributed by atoms with Crippen LogP contribution in [0.25, 0.3) is 0 Å². The monoisotopic (exact) mass is 292 g/mol. The highest BCUT2D eigenvalue weighted by molar-refractivity contribution is 5.46. The van der Waals surface area contributed by atoms with Crippen LogP contribution in [0, 0.1) is 0 Å². The molecule has 1 aliphatic heterocycles. The van der Waals surface area contributed by atoms with E-state index in [0.29, 0.717) is 12.0 Å². The van der Waals surface area contributed by atoms with Crippen molar-refractivity contribution in [2.45, 2.75) is 53.0 Å². The smallest absolute Gasteiger partial charge is 0.232 e. The van der Waals surface area contributed by atoms with E-state index in [1.54, 1.807) is 0 Å². The molecule has 1 atom stereocenters. The van der Waals surface area contributed by atoms with Gasteiger partial charge in [0, 0.05) is 32.2 Å². The van der Waals surface area contributed by atoms with Crippen molar-refractivity contribution in [2.24, 2.45) is 0 Å². The van der Waals surface area contributed by atoms with E-state index in [1.807, 2.05) is 0 Å². The van der Waals surface area contributed by atoms with Crippen molar-refractivity contribution in [2.75, 3.05) is 41.3 Å². The van der Waals surface area contributed by atoms with Gasteiger partial charge in [-0.3, -0.25) is 0 Å². The lowest BCUT2D eigenvalue weighted by Gasteiger charge is -2.26. The summed E-state index contributed by atoms with van der Waals surface area (Å²) in [5.74, 6) is 2.29. The summed E-state index contributed by atoms with van der Waals surface area (Å²) in [6.07, 6.45) is 3.60. The Balaban J connectivity index is 2.35. The minimum Gasteiger partial charge on any atom is -0.354 e. The standard InChI is InChI=1S/C15H28N6/c1-5-12-10-9-11-21(12)15-18-13(16-6-2)17-14(19-15)20(7-3)8-4/h12H,5-11H2,1-4H3,(H,16,17,18,19). The number of nitrogens with one attached hydrogen (secondary N) is 1. The molecule has 0 aliphatic carbocycles. The molecule has 6 heteroatoms. The van der Waals surface area contributed by atoms with Crippen LogP contribution in [0.1, 0.15) is 47.0 Å². The molecule has 1 saturated heterocycles. The van der Waals surface area contributed by atoms with E-state index < -0.39 is 0 Å². The van der Waals surface area contributed by atoms with Gasteiger partial charge >= 0.3 is 0 Å². The van der Waals surface area contributed by atoms with Crippen molar-refractivity contribution in [3.05, 3.63) is 0 Å². The molecule has 0 amide bonds. The molecule has 1 N–H and O–H groups in total. The van der Waals surface area contributed by atoms with Gasteiger partial charge in [0.25, 0.3) is 0 Å². The lowest BCUT2D eigenvalue weighted by molar-refractivity contribution is 0.632. The van der Waals surface area contributed by atoms with E-state index in [9.17, 15) is 0 Å². The second kappa shape index (κ2) is 7.43. The first-order valence-corrected chi connectivity index (χ1v) is 8.24. The maximum Gasteiger partial charge on any atom is 0.232 e. The van der Waals surface area contributed by atoms with Gasteiger partial charge < -0.3 is 15.1 Å². The number of aromatic nitrogens is 3. The summed E-state index contributed by atoms with van der Waals surface area (Å²) >= 11 is 0. The quantitative estimate of drug-likeness (QED) is 0.833. The van der Waals surface area contributed by atoms with Gasteiger partial charge in [0.05, 0.1) is 0 Å². The summed E-state index contributed by atoms with van der Waals surface area (Å²) < 4.78 is 0. The maximum absolute atomic E-state index is 4.73. The average Bonchev–Trinajstić information content (AvgIpc) is 2.97. The molecule has 2 heterocycles. The SMILES string of the molecule is CCNc1nc(N(CC)CC)nc(N2CCCC2CC)n1. The first-order valence-electron chi connectivity index (χ1n) is 8.24. The van der Waals surface area contributed by atoms with Crippen molar-refractivity contribution >= 4 is 17.8 Å². The number of rotatable bonds is 7. The Morgan fingerprint density at radius 3 is 2.52 bits per heavy atom. The van der Waals surface area contributed by atoms with Crippen LogP contribution >= 0.6 is 0 Å². The topological polar surface area (TPSA) is 57.2 Å². The van der Waals surface area contributed by atoms with Gasteiger partial charge in [-0.05, 0) is 40.0 Å². The maximum atomic E-state index is 4.73. The first-order chi connectivity index (χ1) is 10.2. The van der Waals surface area contributed by atoms with E-state index in [1.165, 1.54) is 12.8 Å². The highest BCUT2D eigenvalue weighted by Gasteiger charge is 2.26. The molecule has 0 bridgehead atoms. The molecule has 21 heavy (non-hydrogen) atoms. The lowest BCUT2D eigenvalue weighted by atomic mass is 10.2. The summed E-state index contributed by atoms with van der Waals surface area (Å²) in [5.41, 5.74) is 0. The highest BCUT2D eigenvalue weighted by atomic mass is 15.4. The van der Waals surface area contributed by atoms with Crippen LogP contribution in [0.3, 0.4) is 0 Å². The minimum absolute atomic E-state index is 0.562. The fourth-order valence-corrected chi connectivity index (χ4v) is 2.89. The van der Waals surface area contributed by atoms with Gasteiger partial charge in [-0.2, -0.15) is 15.0 Å². The van der Waals surface area contributed by atoms with Crippen LogP contribution in [0.15, 0.2) is 0 Å². The molecule has 0 spiro atoms. The second-order valence-corrected chi connectivity index (χ2v) is 5.36. The summed E-state index contributed by atoms with van der Waals surface area (Å²) in [5, 5.41) is 3.23. The summed E-state index contributed by atoms with van der Waals surface area (Å²) in [6, 6.07) is 0.562. The Morgan fingerprint density at radius 2 is 1.90 bits per heavy atom. The third-order valence-electron chi connectivity index (χ3n) is 4.10. The number of hydrogen-bond donors (Lipinski definition) is 1. The molecule has 1 fully saturated rings. The molecular weight excluding hydrogens is 264 g/mol. The molecule has 0 aromatic carbocycles. The normalized spacial score (nSPS) is 18.1. The zero-order valence-electron chi connectivity index (χ0n) is 13.8. The van der Waals surface area contributed by atoms with Crippen molar-refractivity contribution in [1.82, 2.24) is 15.0 Å². The Hall–Kier alpha value is -1.59. The van der Waals surface area contributed by atoms with Crippen LogP contribution < -0.4 is 15.1 Å². The first kappa shape index (κ1) is 15.8. The predicted octanol–water partition coefficient (Wildman–Crippen LogP) is 2.53. The highest BCUT2D eigenvalue weighted by Crippen LogP contribution is 2.26. The Bertz CT molecular complexity index is 446. The average molecular weight is 292 g/mol. The fraction of sp³-hybridized carbons (Fsp3) is 0.800. The molecule has 1 unspecified atom stereocenters. The molecule has 6 nitrogen and oxygen atoms in total.